The van der Waals surface area contributed by atoms with Crippen LogP contribution in [0.2, 0.25) is 0 Å². The highest BCUT2D eigenvalue weighted by atomic mass is 16.5. The number of ether oxygens (including phenoxy) is 1. The molecule has 0 aromatic heterocycles. The maximum absolute atomic E-state index is 6.45. The van der Waals surface area contributed by atoms with E-state index in [0.717, 1.165) is 12.5 Å². The van der Waals surface area contributed by atoms with Crippen molar-refractivity contribution < 1.29 is 4.74 Å². The van der Waals surface area contributed by atoms with Gasteiger partial charge in [-0.2, -0.15) is 0 Å². The zero-order valence-electron chi connectivity index (χ0n) is 10.0. The van der Waals surface area contributed by atoms with Gasteiger partial charge in [-0.05, 0) is 38.5 Å². The quantitative estimate of drug-likeness (QED) is 0.776. The Morgan fingerprint density at radius 1 is 1.20 bits per heavy atom. The highest BCUT2D eigenvalue weighted by Gasteiger charge is 2.43. The van der Waals surface area contributed by atoms with E-state index >= 15 is 0 Å². The second-order valence-electron chi connectivity index (χ2n) is 5.28. The Morgan fingerprint density at radius 3 is 2.33 bits per heavy atom. The minimum Gasteiger partial charge on any atom is -0.374 e. The van der Waals surface area contributed by atoms with Gasteiger partial charge in [-0.25, -0.2) is 0 Å². The summed E-state index contributed by atoms with van der Waals surface area (Å²) in [5, 5.41) is 0. The average molecular weight is 211 g/mol. The fourth-order valence-electron chi connectivity index (χ4n) is 3.24. The van der Waals surface area contributed by atoms with Crippen molar-refractivity contribution in [1.82, 2.24) is 0 Å². The van der Waals surface area contributed by atoms with E-state index in [2.05, 4.69) is 6.92 Å². The first-order chi connectivity index (χ1) is 7.28. The summed E-state index contributed by atoms with van der Waals surface area (Å²) in [4.78, 5) is 0. The number of hydrogen-bond donors (Lipinski definition) is 1. The molecule has 2 fully saturated rings. The zero-order chi connectivity index (χ0) is 10.7. The Bertz CT molecular complexity index is 189. The Balaban J connectivity index is 2.01. The minimum atomic E-state index is 0.0398. The number of hydrogen-bond acceptors (Lipinski definition) is 2. The second-order valence-corrected chi connectivity index (χ2v) is 5.28. The van der Waals surface area contributed by atoms with Crippen molar-refractivity contribution in [2.45, 2.75) is 69.9 Å². The first kappa shape index (κ1) is 11.4. The van der Waals surface area contributed by atoms with Crippen LogP contribution < -0.4 is 5.73 Å². The normalized spacial score (nSPS) is 28.4. The van der Waals surface area contributed by atoms with Crippen LogP contribution in [0.4, 0.5) is 0 Å². The van der Waals surface area contributed by atoms with Crippen LogP contribution in [0.25, 0.3) is 0 Å². The summed E-state index contributed by atoms with van der Waals surface area (Å²) in [5.41, 5.74) is 6.49. The summed E-state index contributed by atoms with van der Waals surface area (Å²) in [6, 6.07) is 0.298. The molecule has 2 N–H and O–H groups in total. The molecule has 0 amide bonds. The zero-order valence-corrected chi connectivity index (χ0v) is 10.0. The van der Waals surface area contributed by atoms with Gasteiger partial charge in [-0.1, -0.05) is 25.7 Å². The van der Waals surface area contributed by atoms with Crippen molar-refractivity contribution >= 4 is 0 Å². The molecule has 0 aromatic rings. The third kappa shape index (κ3) is 2.21. The van der Waals surface area contributed by atoms with Gasteiger partial charge in [0.15, 0.2) is 0 Å². The average Bonchev–Trinajstić information content (AvgIpc) is 2.17. The molecule has 1 atom stereocenters. The standard InChI is InChI=1S/C13H25NO/c1-2-15-13(9-4-3-5-10-13)12(14)11-7-6-8-11/h11-12H,2-10,14H2,1H3. The lowest BCUT2D eigenvalue weighted by Crippen LogP contribution is -2.56. The Kier molecular flexibility index (Phi) is 3.68. The van der Waals surface area contributed by atoms with E-state index in [1.807, 2.05) is 0 Å². The van der Waals surface area contributed by atoms with Gasteiger partial charge in [0.05, 0.1) is 5.60 Å². The van der Waals surface area contributed by atoms with Crippen molar-refractivity contribution in [1.29, 1.82) is 0 Å². The predicted molar refractivity (Wildman–Crippen MR) is 62.8 cm³/mol. The molecular formula is C13H25NO. The highest BCUT2D eigenvalue weighted by molar-refractivity contribution is 4.99. The van der Waals surface area contributed by atoms with Gasteiger partial charge in [-0.3, -0.25) is 0 Å². The van der Waals surface area contributed by atoms with E-state index in [0.29, 0.717) is 6.04 Å². The molecular weight excluding hydrogens is 186 g/mol. The third-order valence-electron chi connectivity index (χ3n) is 4.40. The molecule has 0 aromatic carbocycles. The Labute approximate surface area is 93.6 Å². The van der Waals surface area contributed by atoms with Crippen LogP contribution in [0.3, 0.4) is 0 Å². The predicted octanol–water partition coefficient (Wildman–Crippen LogP) is 2.85. The van der Waals surface area contributed by atoms with E-state index < -0.39 is 0 Å². The molecule has 0 aliphatic heterocycles. The van der Waals surface area contributed by atoms with Crippen molar-refractivity contribution in [3.05, 3.63) is 0 Å². The lowest BCUT2D eigenvalue weighted by molar-refractivity contribution is -0.100. The van der Waals surface area contributed by atoms with Gasteiger partial charge in [-0.15, -0.1) is 0 Å². The largest absolute Gasteiger partial charge is 0.374 e. The van der Waals surface area contributed by atoms with Crippen molar-refractivity contribution in [2.75, 3.05) is 6.61 Å². The first-order valence-corrected chi connectivity index (χ1v) is 6.68. The summed E-state index contributed by atoms with van der Waals surface area (Å²) < 4.78 is 6.06. The molecule has 2 aliphatic carbocycles. The van der Waals surface area contributed by atoms with E-state index in [-0.39, 0.29) is 5.60 Å². The molecule has 1 unspecified atom stereocenters. The van der Waals surface area contributed by atoms with Crippen LogP contribution in [0.15, 0.2) is 0 Å². The summed E-state index contributed by atoms with van der Waals surface area (Å²) in [6.07, 6.45) is 10.4. The van der Waals surface area contributed by atoms with Crippen molar-refractivity contribution in [2.24, 2.45) is 11.7 Å². The van der Waals surface area contributed by atoms with E-state index in [9.17, 15) is 0 Å². The maximum Gasteiger partial charge on any atom is 0.0835 e. The first-order valence-electron chi connectivity index (χ1n) is 6.68. The van der Waals surface area contributed by atoms with Gasteiger partial charge in [0.25, 0.3) is 0 Å². The van der Waals surface area contributed by atoms with Gasteiger partial charge < -0.3 is 10.5 Å². The lowest BCUT2D eigenvalue weighted by atomic mass is 9.68. The molecule has 2 nitrogen and oxygen atoms in total. The molecule has 2 saturated carbocycles. The van der Waals surface area contributed by atoms with Crippen LogP contribution in [0.5, 0.6) is 0 Å². The number of rotatable bonds is 4. The summed E-state index contributed by atoms with van der Waals surface area (Å²) in [6.45, 7) is 2.92. The second kappa shape index (κ2) is 4.84. The fourth-order valence-corrected chi connectivity index (χ4v) is 3.24. The SMILES string of the molecule is CCOC1(C(N)C2CCC2)CCCCC1. The summed E-state index contributed by atoms with van der Waals surface area (Å²) in [5.74, 6) is 0.745. The molecule has 2 aliphatic rings. The van der Waals surface area contributed by atoms with Crippen LogP contribution >= 0.6 is 0 Å². The van der Waals surface area contributed by atoms with Gasteiger partial charge in [0.1, 0.15) is 0 Å². The molecule has 88 valence electrons. The molecule has 15 heavy (non-hydrogen) atoms. The van der Waals surface area contributed by atoms with Gasteiger partial charge in [0.2, 0.25) is 0 Å². The number of nitrogens with two attached hydrogens (primary N) is 1. The molecule has 0 bridgehead atoms. The molecule has 0 heterocycles. The molecule has 0 spiro atoms. The van der Waals surface area contributed by atoms with E-state index in [1.165, 1.54) is 51.4 Å². The molecule has 2 heteroatoms. The third-order valence-corrected chi connectivity index (χ3v) is 4.40. The molecule has 0 radical (unpaired) electrons. The van der Waals surface area contributed by atoms with Crippen LogP contribution in [0, 0.1) is 5.92 Å². The van der Waals surface area contributed by atoms with Crippen LogP contribution in [-0.4, -0.2) is 18.2 Å². The smallest absolute Gasteiger partial charge is 0.0835 e. The van der Waals surface area contributed by atoms with E-state index in [1.54, 1.807) is 0 Å². The minimum absolute atomic E-state index is 0.0398. The van der Waals surface area contributed by atoms with Crippen molar-refractivity contribution in [3.63, 3.8) is 0 Å². The monoisotopic (exact) mass is 211 g/mol. The Morgan fingerprint density at radius 2 is 1.87 bits per heavy atom. The van der Waals surface area contributed by atoms with Crippen LogP contribution in [0.1, 0.15) is 58.3 Å². The molecule has 2 rings (SSSR count). The van der Waals surface area contributed by atoms with E-state index in [4.69, 9.17) is 10.5 Å². The molecule has 0 saturated heterocycles. The van der Waals surface area contributed by atoms with Gasteiger partial charge >= 0.3 is 0 Å². The summed E-state index contributed by atoms with van der Waals surface area (Å²) >= 11 is 0. The lowest BCUT2D eigenvalue weighted by Gasteiger charge is -2.47. The Hall–Kier alpha value is -0.0800. The summed E-state index contributed by atoms with van der Waals surface area (Å²) in [7, 11) is 0. The highest BCUT2D eigenvalue weighted by Crippen LogP contribution is 2.41. The fraction of sp³-hybridized carbons (Fsp3) is 1.00. The van der Waals surface area contributed by atoms with Crippen LogP contribution in [-0.2, 0) is 4.74 Å². The van der Waals surface area contributed by atoms with Gasteiger partial charge in [0, 0.05) is 12.6 Å². The topological polar surface area (TPSA) is 35.2 Å². The van der Waals surface area contributed by atoms with Crippen molar-refractivity contribution in [3.8, 4) is 0 Å². The maximum atomic E-state index is 6.45.